The smallest absolute Gasteiger partial charge is 0.311 e. The highest BCUT2D eigenvalue weighted by Gasteiger charge is 2.17. The first kappa shape index (κ1) is 14.3. The van der Waals surface area contributed by atoms with Gasteiger partial charge >= 0.3 is 5.69 Å². The Morgan fingerprint density at radius 2 is 2.00 bits per heavy atom. The van der Waals surface area contributed by atoms with Gasteiger partial charge in [0, 0.05) is 11.1 Å². The number of hydrogen-bond donors (Lipinski definition) is 3. The summed E-state index contributed by atoms with van der Waals surface area (Å²) in [5, 5.41) is 14.5. The third kappa shape index (κ3) is 3.08. The zero-order chi connectivity index (χ0) is 14.7. The lowest BCUT2D eigenvalue weighted by Gasteiger charge is -2.09. The number of aromatic nitrogens is 1. The first-order chi connectivity index (χ1) is 9.51. The Morgan fingerprint density at radius 3 is 2.60 bits per heavy atom. The SMILES string of the molecule is NNc1ccc([N+](=O)[O-])c(Nc2ccc(Cl)cc2Cl)n1. The molecule has 0 amide bonds. The van der Waals surface area contributed by atoms with E-state index in [1.54, 1.807) is 12.1 Å². The predicted octanol–water partition coefficient (Wildman–Crippen LogP) is 3.33. The lowest BCUT2D eigenvalue weighted by atomic mass is 10.3. The van der Waals surface area contributed by atoms with Crippen molar-refractivity contribution < 1.29 is 4.92 Å². The van der Waals surface area contributed by atoms with Gasteiger partial charge in [0.1, 0.15) is 5.82 Å². The van der Waals surface area contributed by atoms with Crippen LogP contribution in [0.1, 0.15) is 0 Å². The quantitative estimate of drug-likeness (QED) is 0.454. The Hall–Kier alpha value is -2.09. The van der Waals surface area contributed by atoms with Crippen molar-refractivity contribution in [1.29, 1.82) is 0 Å². The highest BCUT2D eigenvalue weighted by molar-refractivity contribution is 6.36. The number of hydrogen-bond acceptors (Lipinski definition) is 6. The number of hydrazine groups is 1. The van der Waals surface area contributed by atoms with Crippen LogP contribution in [0.25, 0.3) is 0 Å². The van der Waals surface area contributed by atoms with Crippen LogP contribution in [-0.4, -0.2) is 9.91 Å². The van der Waals surface area contributed by atoms with Gasteiger partial charge in [-0.25, -0.2) is 10.8 Å². The zero-order valence-corrected chi connectivity index (χ0v) is 11.4. The van der Waals surface area contributed by atoms with Gasteiger partial charge in [0.2, 0.25) is 5.82 Å². The van der Waals surface area contributed by atoms with Crippen LogP contribution in [0.2, 0.25) is 10.0 Å². The summed E-state index contributed by atoms with van der Waals surface area (Å²) in [6, 6.07) is 7.40. The van der Waals surface area contributed by atoms with Gasteiger partial charge < -0.3 is 10.7 Å². The van der Waals surface area contributed by atoms with Crippen molar-refractivity contribution in [2.75, 3.05) is 10.7 Å². The summed E-state index contributed by atoms with van der Waals surface area (Å²) in [4.78, 5) is 14.4. The van der Waals surface area contributed by atoms with E-state index in [1.165, 1.54) is 18.2 Å². The van der Waals surface area contributed by atoms with E-state index in [9.17, 15) is 10.1 Å². The minimum Gasteiger partial charge on any atom is -0.333 e. The van der Waals surface area contributed by atoms with E-state index in [0.717, 1.165) is 0 Å². The summed E-state index contributed by atoms with van der Waals surface area (Å²) in [6.45, 7) is 0. The van der Waals surface area contributed by atoms with Crippen LogP contribution in [0.4, 0.5) is 23.0 Å². The van der Waals surface area contributed by atoms with Gasteiger partial charge in [0.15, 0.2) is 0 Å². The molecule has 1 heterocycles. The molecule has 1 aromatic carbocycles. The third-order valence-corrected chi connectivity index (χ3v) is 2.95. The number of rotatable bonds is 4. The molecule has 0 fully saturated rings. The molecule has 20 heavy (non-hydrogen) atoms. The molecule has 104 valence electrons. The highest BCUT2D eigenvalue weighted by Crippen LogP contribution is 2.31. The maximum absolute atomic E-state index is 11.0. The number of benzene rings is 1. The lowest BCUT2D eigenvalue weighted by Crippen LogP contribution is -2.10. The Balaban J connectivity index is 2.43. The normalized spacial score (nSPS) is 10.2. The largest absolute Gasteiger partial charge is 0.333 e. The van der Waals surface area contributed by atoms with Gasteiger partial charge in [0.25, 0.3) is 0 Å². The molecule has 0 saturated carbocycles. The fourth-order valence-electron chi connectivity index (χ4n) is 1.49. The summed E-state index contributed by atoms with van der Waals surface area (Å²) in [5.74, 6) is 5.54. The van der Waals surface area contributed by atoms with E-state index in [0.29, 0.717) is 15.7 Å². The van der Waals surface area contributed by atoms with Crippen LogP contribution in [0.3, 0.4) is 0 Å². The zero-order valence-electron chi connectivity index (χ0n) is 9.93. The van der Waals surface area contributed by atoms with Crippen molar-refractivity contribution in [2.45, 2.75) is 0 Å². The van der Waals surface area contributed by atoms with E-state index in [1.807, 2.05) is 0 Å². The molecule has 2 rings (SSSR count). The van der Waals surface area contributed by atoms with Gasteiger partial charge in [-0.2, -0.15) is 0 Å². The second-order valence-corrected chi connectivity index (χ2v) is 4.56. The average molecular weight is 314 g/mol. The molecule has 4 N–H and O–H groups in total. The topological polar surface area (TPSA) is 106 Å². The molecule has 7 nitrogen and oxygen atoms in total. The molecule has 0 bridgehead atoms. The first-order valence-electron chi connectivity index (χ1n) is 5.35. The van der Waals surface area contributed by atoms with Gasteiger partial charge in [-0.15, -0.1) is 0 Å². The number of anilines is 3. The van der Waals surface area contributed by atoms with Gasteiger partial charge in [-0.05, 0) is 24.3 Å². The molecule has 0 atom stereocenters. The van der Waals surface area contributed by atoms with Crippen molar-refractivity contribution in [3.05, 3.63) is 50.5 Å². The van der Waals surface area contributed by atoms with E-state index in [4.69, 9.17) is 29.0 Å². The number of nitrogen functional groups attached to an aromatic ring is 1. The van der Waals surface area contributed by atoms with Crippen LogP contribution < -0.4 is 16.6 Å². The summed E-state index contributed by atoms with van der Waals surface area (Å²) in [6.07, 6.45) is 0. The lowest BCUT2D eigenvalue weighted by molar-refractivity contribution is -0.384. The molecule has 0 spiro atoms. The minimum absolute atomic E-state index is 0.0228. The Morgan fingerprint density at radius 1 is 1.25 bits per heavy atom. The van der Waals surface area contributed by atoms with Crippen molar-refractivity contribution in [1.82, 2.24) is 4.98 Å². The van der Waals surface area contributed by atoms with E-state index >= 15 is 0 Å². The summed E-state index contributed by atoms with van der Waals surface area (Å²) >= 11 is 11.8. The fourth-order valence-corrected chi connectivity index (χ4v) is 1.95. The maximum Gasteiger partial charge on any atom is 0.311 e. The Bertz CT molecular complexity index is 665. The summed E-state index contributed by atoms with van der Waals surface area (Å²) < 4.78 is 0. The number of nitro groups is 1. The molecular weight excluding hydrogens is 305 g/mol. The van der Waals surface area contributed by atoms with Crippen molar-refractivity contribution in [3.63, 3.8) is 0 Å². The maximum atomic E-state index is 11.0. The second kappa shape index (κ2) is 5.91. The highest BCUT2D eigenvalue weighted by atomic mass is 35.5. The molecule has 2 aromatic rings. The van der Waals surface area contributed by atoms with Crippen molar-refractivity contribution >= 4 is 46.2 Å². The van der Waals surface area contributed by atoms with Gasteiger partial charge in [-0.3, -0.25) is 10.1 Å². The first-order valence-corrected chi connectivity index (χ1v) is 6.11. The number of nitrogens with zero attached hydrogens (tertiary/aromatic N) is 2. The summed E-state index contributed by atoms with van der Waals surface area (Å²) in [5.41, 5.74) is 2.56. The fraction of sp³-hybridized carbons (Fsp3) is 0. The summed E-state index contributed by atoms with van der Waals surface area (Å²) in [7, 11) is 0. The minimum atomic E-state index is -0.556. The molecular formula is C11H9Cl2N5O2. The standard InChI is InChI=1S/C11H9Cl2N5O2/c12-6-1-2-8(7(13)5-6)15-11-9(18(19)20)3-4-10(16-11)17-14/h1-5H,14H2,(H2,15,16,17). The molecule has 0 saturated heterocycles. The average Bonchev–Trinajstić information content (AvgIpc) is 2.41. The van der Waals surface area contributed by atoms with E-state index < -0.39 is 4.92 Å². The molecule has 1 aromatic heterocycles. The number of halogens is 2. The number of nitrogens with two attached hydrogens (primary N) is 1. The molecule has 9 heteroatoms. The van der Waals surface area contributed by atoms with Crippen LogP contribution in [0, 0.1) is 10.1 Å². The van der Waals surface area contributed by atoms with Gasteiger partial charge in [0.05, 0.1) is 15.6 Å². The van der Waals surface area contributed by atoms with Crippen molar-refractivity contribution in [2.24, 2.45) is 5.84 Å². The van der Waals surface area contributed by atoms with Crippen LogP contribution in [-0.2, 0) is 0 Å². The van der Waals surface area contributed by atoms with Crippen LogP contribution >= 0.6 is 23.2 Å². The van der Waals surface area contributed by atoms with Crippen LogP contribution in [0.5, 0.6) is 0 Å². The molecule has 0 aliphatic carbocycles. The van der Waals surface area contributed by atoms with Crippen molar-refractivity contribution in [3.8, 4) is 0 Å². The molecule has 0 aliphatic heterocycles. The Kier molecular flexibility index (Phi) is 4.23. The third-order valence-electron chi connectivity index (χ3n) is 2.40. The van der Waals surface area contributed by atoms with E-state index in [-0.39, 0.29) is 17.3 Å². The number of nitrogens with one attached hydrogen (secondary N) is 2. The molecule has 0 unspecified atom stereocenters. The predicted molar refractivity (Wildman–Crippen MR) is 78.4 cm³/mol. The van der Waals surface area contributed by atoms with Gasteiger partial charge in [-0.1, -0.05) is 23.2 Å². The number of pyridine rings is 1. The second-order valence-electron chi connectivity index (χ2n) is 3.71. The Labute approximate surface area is 123 Å². The van der Waals surface area contributed by atoms with Crippen LogP contribution in [0.15, 0.2) is 30.3 Å². The monoisotopic (exact) mass is 313 g/mol. The molecule has 0 aliphatic rings. The van der Waals surface area contributed by atoms with E-state index in [2.05, 4.69) is 15.7 Å². The molecule has 0 radical (unpaired) electrons.